The fourth-order valence-electron chi connectivity index (χ4n) is 3.45. The molecule has 0 N–H and O–H groups in total. The highest BCUT2D eigenvalue weighted by Crippen LogP contribution is 2.38. The minimum atomic E-state index is -0.778. The van der Waals surface area contributed by atoms with Gasteiger partial charge in [-0.25, -0.2) is 0 Å². The fourth-order valence-corrected chi connectivity index (χ4v) is 4.07. The van der Waals surface area contributed by atoms with E-state index in [1.165, 1.54) is 20.8 Å². The van der Waals surface area contributed by atoms with Crippen LogP contribution < -0.4 is 9.47 Å². The second kappa shape index (κ2) is 14.5. The van der Waals surface area contributed by atoms with Gasteiger partial charge in [-0.05, 0) is 35.4 Å². The summed E-state index contributed by atoms with van der Waals surface area (Å²) >= 11 is 18.8. The molecule has 2 aromatic rings. The minimum absolute atomic E-state index is 0.0472. The Kier molecular flexibility index (Phi) is 12.0. The van der Waals surface area contributed by atoms with Gasteiger partial charge >= 0.3 is 17.9 Å². The molecule has 208 valence electrons. The Labute approximate surface area is 237 Å². The summed E-state index contributed by atoms with van der Waals surface area (Å²) in [7, 11) is 0. The van der Waals surface area contributed by atoms with Crippen molar-refractivity contribution in [3.63, 3.8) is 0 Å². The van der Waals surface area contributed by atoms with Crippen molar-refractivity contribution < 1.29 is 38.1 Å². The Morgan fingerprint density at radius 3 is 1.58 bits per heavy atom. The summed E-state index contributed by atoms with van der Waals surface area (Å²) in [5.74, 6) is -0.538. The third-order valence-electron chi connectivity index (χ3n) is 5.47. The van der Waals surface area contributed by atoms with Crippen LogP contribution in [0.4, 0.5) is 0 Å². The van der Waals surface area contributed by atoms with Crippen LogP contribution in [0.2, 0.25) is 10.0 Å². The Morgan fingerprint density at radius 1 is 0.737 bits per heavy atom. The van der Waals surface area contributed by atoms with Gasteiger partial charge in [0.25, 0.3) is 0 Å². The first kappa shape index (κ1) is 31.5. The summed E-state index contributed by atoms with van der Waals surface area (Å²) in [6, 6.07) is 10.8. The van der Waals surface area contributed by atoms with E-state index in [4.69, 9.17) is 58.5 Å². The molecule has 0 fully saturated rings. The third-order valence-corrected chi connectivity index (χ3v) is 6.40. The molecule has 8 nitrogen and oxygen atoms in total. The SMILES string of the molecule is CC(=O)OCC(COc1ccc(C(C)(C)c2ccc(OCC(CCl)OC(C)=O)c(Cl)c2)cc1Cl)OC(C)=O. The van der Waals surface area contributed by atoms with E-state index >= 15 is 0 Å². The van der Waals surface area contributed by atoms with Crippen LogP contribution in [-0.2, 0) is 34.0 Å². The van der Waals surface area contributed by atoms with Crippen LogP contribution in [0.15, 0.2) is 36.4 Å². The fraction of sp³-hybridized carbons (Fsp3) is 0.444. The molecule has 0 aromatic heterocycles. The number of hydrogen-bond donors (Lipinski definition) is 0. The van der Waals surface area contributed by atoms with Gasteiger partial charge in [-0.2, -0.15) is 0 Å². The molecule has 2 atom stereocenters. The number of ether oxygens (including phenoxy) is 5. The van der Waals surface area contributed by atoms with Gasteiger partial charge in [0.05, 0.1) is 15.9 Å². The quantitative estimate of drug-likeness (QED) is 0.166. The number of alkyl halides is 1. The third kappa shape index (κ3) is 9.57. The van der Waals surface area contributed by atoms with Gasteiger partial charge in [0.2, 0.25) is 0 Å². The first-order chi connectivity index (χ1) is 17.8. The van der Waals surface area contributed by atoms with Gasteiger partial charge in [0.15, 0.2) is 6.10 Å². The molecule has 0 aliphatic rings. The van der Waals surface area contributed by atoms with Gasteiger partial charge in [-0.15, -0.1) is 11.6 Å². The maximum absolute atomic E-state index is 11.3. The topological polar surface area (TPSA) is 97.4 Å². The molecular formula is C27H31Cl3O8. The van der Waals surface area contributed by atoms with E-state index in [-0.39, 0.29) is 25.7 Å². The number of benzene rings is 2. The summed E-state index contributed by atoms with van der Waals surface area (Å²) in [6.07, 6.45) is -1.37. The van der Waals surface area contributed by atoms with E-state index in [9.17, 15) is 14.4 Å². The molecule has 2 rings (SSSR count). The number of esters is 3. The molecule has 0 amide bonds. The first-order valence-electron chi connectivity index (χ1n) is 11.7. The highest BCUT2D eigenvalue weighted by molar-refractivity contribution is 6.32. The van der Waals surface area contributed by atoms with E-state index in [0.29, 0.717) is 21.5 Å². The van der Waals surface area contributed by atoms with Crippen molar-refractivity contribution in [2.75, 3.05) is 25.7 Å². The van der Waals surface area contributed by atoms with Gasteiger partial charge in [0.1, 0.15) is 37.4 Å². The lowest BCUT2D eigenvalue weighted by atomic mass is 9.78. The summed E-state index contributed by atoms with van der Waals surface area (Å²) in [4.78, 5) is 33.6. The van der Waals surface area contributed by atoms with Gasteiger partial charge in [0, 0.05) is 26.2 Å². The minimum Gasteiger partial charge on any atom is -0.488 e. The molecule has 0 saturated heterocycles. The normalized spacial score (nSPS) is 12.7. The Hall–Kier alpha value is -2.68. The predicted octanol–water partition coefficient (Wildman–Crippen LogP) is 5.74. The highest BCUT2D eigenvalue weighted by Gasteiger charge is 2.26. The largest absolute Gasteiger partial charge is 0.488 e. The molecule has 0 radical (unpaired) electrons. The number of hydrogen-bond acceptors (Lipinski definition) is 8. The van der Waals surface area contributed by atoms with Crippen molar-refractivity contribution in [2.24, 2.45) is 0 Å². The zero-order valence-corrected chi connectivity index (χ0v) is 24.1. The molecule has 0 heterocycles. The average Bonchev–Trinajstić information content (AvgIpc) is 2.83. The molecule has 2 unspecified atom stereocenters. The standard InChI is InChI=1S/C27H31Cl3O8/c1-16(31)34-14-22(38-18(3)33)15-36-26-9-7-20(11-24(26)30)27(4,5)19-6-8-25(23(29)10-19)35-13-21(12-28)37-17(2)32/h6-11,21-22H,12-15H2,1-5H3. The molecule has 0 bridgehead atoms. The number of rotatable bonds is 13. The number of carbonyl (C=O) groups is 3. The first-order valence-corrected chi connectivity index (χ1v) is 13.0. The van der Waals surface area contributed by atoms with Crippen LogP contribution in [0.1, 0.15) is 45.7 Å². The Balaban J connectivity index is 2.13. The number of halogens is 3. The van der Waals surface area contributed by atoms with Crippen molar-refractivity contribution >= 4 is 52.7 Å². The summed E-state index contributed by atoms with van der Waals surface area (Å²) in [5, 5.41) is 0.746. The molecule has 0 aliphatic heterocycles. The highest BCUT2D eigenvalue weighted by atomic mass is 35.5. The van der Waals surface area contributed by atoms with Crippen molar-refractivity contribution in [1.82, 2.24) is 0 Å². The lowest BCUT2D eigenvalue weighted by Gasteiger charge is -2.27. The van der Waals surface area contributed by atoms with Crippen LogP contribution in [-0.4, -0.2) is 55.8 Å². The van der Waals surface area contributed by atoms with E-state index in [2.05, 4.69) is 0 Å². The molecular weight excluding hydrogens is 559 g/mol. The zero-order chi connectivity index (χ0) is 28.5. The van der Waals surface area contributed by atoms with E-state index in [1.54, 1.807) is 24.3 Å². The van der Waals surface area contributed by atoms with E-state index in [0.717, 1.165) is 11.1 Å². The van der Waals surface area contributed by atoms with Crippen molar-refractivity contribution in [3.05, 3.63) is 57.6 Å². The lowest BCUT2D eigenvalue weighted by Crippen LogP contribution is -2.30. The predicted molar refractivity (Wildman–Crippen MR) is 144 cm³/mol. The van der Waals surface area contributed by atoms with Crippen LogP contribution in [0.25, 0.3) is 0 Å². The molecule has 0 spiro atoms. The Bertz CT molecular complexity index is 1140. The van der Waals surface area contributed by atoms with Crippen LogP contribution >= 0.6 is 34.8 Å². The Morgan fingerprint density at radius 2 is 1.18 bits per heavy atom. The van der Waals surface area contributed by atoms with Gasteiger partial charge in [-0.3, -0.25) is 14.4 Å². The van der Waals surface area contributed by atoms with Gasteiger partial charge < -0.3 is 23.7 Å². The van der Waals surface area contributed by atoms with E-state index in [1.807, 2.05) is 26.0 Å². The summed E-state index contributed by atoms with van der Waals surface area (Å²) in [5.41, 5.74) is 1.31. The monoisotopic (exact) mass is 588 g/mol. The van der Waals surface area contributed by atoms with Crippen LogP contribution in [0, 0.1) is 0 Å². The number of carbonyl (C=O) groups excluding carboxylic acids is 3. The van der Waals surface area contributed by atoms with Crippen LogP contribution in [0.3, 0.4) is 0 Å². The molecule has 2 aromatic carbocycles. The zero-order valence-electron chi connectivity index (χ0n) is 21.8. The van der Waals surface area contributed by atoms with Crippen molar-refractivity contribution in [1.29, 1.82) is 0 Å². The van der Waals surface area contributed by atoms with E-state index < -0.39 is 35.5 Å². The molecule has 0 aliphatic carbocycles. The van der Waals surface area contributed by atoms with Crippen molar-refractivity contribution in [3.8, 4) is 11.5 Å². The maximum Gasteiger partial charge on any atom is 0.303 e. The molecule has 38 heavy (non-hydrogen) atoms. The maximum atomic E-state index is 11.3. The van der Waals surface area contributed by atoms with Crippen LogP contribution in [0.5, 0.6) is 11.5 Å². The molecule has 11 heteroatoms. The van der Waals surface area contributed by atoms with Gasteiger partial charge in [-0.1, -0.05) is 49.2 Å². The summed E-state index contributed by atoms with van der Waals surface area (Å²) < 4.78 is 26.6. The van der Waals surface area contributed by atoms with Crippen molar-refractivity contribution in [2.45, 2.75) is 52.2 Å². The summed E-state index contributed by atoms with van der Waals surface area (Å²) in [6.45, 7) is 7.76. The lowest BCUT2D eigenvalue weighted by molar-refractivity contribution is -0.158. The average molecular weight is 590 g/mol. The smallest absolute Gasteiger partial charge is 0.303 e. The second-order valence-corrected chi connectivity index (χ2v) is 10.1. The second-order valence-electron chi connectivity index (χ2n) is 8.96. The molecule has 0 saturated carbocycles.